The highest BCUT2D eigenvalue weighted by Gasteiger charge is 2.22. The summed E-state index contributed by atoms with van der Waals surface area (Å²) >= 11 is 0. The number of hydrogen-bond donors (Lipinski definition) is 4. The van der Waals surface area contributed by atoms with Gasteiger partial charge < -0.3 is 31.5 Å². The fourth-order valence-corrected chi connectivity index (χ4v) is 2.79. The van der Waals surface area contributed by atoms with Gasteiger partial charge in [-0.2, -0.15) is 0 Å². The van der Waals surface area contributed by atoms with Crippen molar-refractivity contribution in [2.24, 2.45) is 11.5 Å². The van der Waals surface area contributed by atoms with Crippen molar-refractivity contribution in [3.8, 4) is 0 Å². The lowest BCUT2D eigenvalue weighted by atomic mass is 10.0. The van der Waals surface area contributed by atoms with Crippen molar-refractivity contribution in [2.45, 2.75) is 25.8 Å². The zero-order chi connectivity index (χ0) is 19.5. The summed E-state index contributed by atoms with van der Waals surface area (Å²) in [5, 5.41) is 18.3. The summed E-state index contributed by atoms with van der Waals surface area (Å²) in [6.07, 6.45) is 1.02. The van der Waals surface area contributed by atoms with Crippen LogP contribution in [0.5, 0.6) is 0 Å². The molecule has 0 aromatic heterocycles. The normalized spacial score (nSPS) is 11.8. The molecule has 0 fully saturated rings. The molecule has 146 valence electrons. The number of rotatable bonds is 12. The molecule has 1 atom stereocenters. The summed E-state index contributed by atoms with van der Waals surface area (Å²) in [7, 11) is 0. The van der Waals surface area contributed by atoms with Crippen LogP contribution in [-0.4, -0.2) is 72.4 Å². The molecule has 0 aliphatic heterocycles. The molecule has 0 saturated carbocycles. The van der Waals surface area contributed by atoms with Gasteiger partial charge in [0.25, 0.3) is 0 Å². The quantitative estimate of drug-likeness (QED) is 0.378. The zero-order valence-electron chi connectivity index (χ0n) is 15.3. The molecule has 1 unspecified atom stereocenters. The van der Waals surface area contributed by atoms with E-state index in [2.05, 4.69) is 0 Å². The molecule has 8 heteroatoms. The van der Waals surface area contributed by atoms with Crippen LogP contribution in [-0.2, 0) is 16.0 Å². The van der Waals surface area contributed by atoms with Gasteiger partial charge in [0.05, 0.1) is 25.8 Å². The number of primary amides is 1. The predicted octanol–water partition coefficient (Wildman–Crippen LogP) is -0.929. The molecule has 6 N–H and O–H groups in total. The topological polar surface area (TPSA) is 133 Å². The molecule has 0 aliphatic carbocycles. The minimum atomic E-state index is -0.778. The smallest absolute Gasteiger partial charge is 0.240 e. The highest BCUT2D eigenvalue weighted by atomic mass is 16.3. The number of nitrogens with two attached hydrogens (primary N) is 2. The Labute approximate surface area is 154 Å². The maximum atomic E-state index is 12.5. The third kappa shape index (κ3) is 6.99. The lowest BCUT2D eigenvalue weighted by molar-refractivity contribution is -0.136. The first-order valence-electron chi connectivity index (χ1n) is 8.81. The van der Waals surface area contributed by atoms with Crippen LogP contribution in [0.15, 0.2) is 24.3 Å². The van der Waals surface area contributed by atoms with Crippen LogP contribution in [0.4, 0.5) is 5.69 Å². The van der Waals surface area contributed by atoms with Crippen molar-refractivity contribution in [3.63, 3.8) is 0 Å². The Kier molecular flexibility index (Phi) is 9.64. The molecule has 1 aromatic rings. The summed E-state index contributed by atoms with van der Waals surface area (Å²) in [5.74, 6) is -0.872. The van der Waals surface area contributed by atoms with E-state index >= 15 is 0 Å². The van der Waals surface area contributed by atoms with E-state index in [4.69, 9.17) is 21.7 Å². The number of carbonyl (C=O) groups is 2. The lowest BCUT2D eigenvalue weighted by Crippen LogP contribution is -2.48. The maximum Gasteiger partial charge on any atom is 0.240 e. The van der Waals surface area contributed by atoms with Gasteiger partial charge in [-0.3, -0.25) is 9.59 Å². The molecule has 0 heterocycles. The summed E-state index contributed by atoms with van der Waals surface area (Å²) in [6.45, 7) is 2.95. The second-order valence-corrected chi connectivity index (χ2v) is 6.14. The van der Waals surface area contributed by atoms with Crippen LogP contribution in [0.25, 0.3) is 0 Å². The second kappa shape index (κ2) is 11.5. The average Bonchev–Trinajstić information content (AvgIpc) is 2.60. The first-order chi connectivity index (χ1) is 12.4. The molecule has 0 aliphatic rings. The van der Waals surface area contributed by atoms with Gasteiger partial charge in [0.2, 0.25) is 11.8 Å². The number of hydrogen-bond acceptors (Lipinski definition) is 6. The molecule has 0 spiro atoms. The van der Waals surface area contributed by atoms with E-state index in [1.807, 2.05) is 36.1 Å². The van der Waals surface area contributed by atoms with Crippen molar-refractivity contribution in [2.75, 3.05) is 44.3 Å². The molecule has 26 heavy (non-hydrogen) atoms. The monoisotopic (exact) mass is 366 g/mol. The van der Waals surface area contributed by atoms with E-state index in [0.717, 1.165) is 11.3 Å². The fraction of sp³-hybridized carbons (Fsp3) is 0.556. The van der Waals surface area contributed by atoms with Crippen LogP contribution in [0.3, 0.4) is 0 Å². The zero-order valence-corrected chi connectivity index (χ0v) is 15.3. The molecule has 8 nitrogen and oxygen atoms in total. The summed E-state index contributed by atoms with van der Waals surface area (Å²) < 4.78 is 0. The number of aliphatic hydroxyl groups is 2. The van der Waals surface area contributed by atoms with Crippen LogP contribution >= 0.6 is 0 Å². The molecule has 0 saturated heterocycles. The molecular weight excluding hydrogens is 336 g/mol. The van der Waals surface area contributed by atoms with Crippen LogP contribution < -0.4 is 16.4 Å². The van der Waals surface area contributed by atoms with Gasteiger partial charge in [0.15, 0.2) is 0 Å². The SMILES string of the molecule is CCCN(CC(N)=O)C(=O)C(N)Cc1cccc(N(CCO)CCO)c1. The third-order valence-corrected chi connectivity index (χ3v) is 3.94. The lowest BCUT2D eigenvalue weighted by Gasteiger charge is -2.25. The van der Waals surface area contributed by atoms with Gasteiger partial charge >= 0.3 is 0 Å². The second-order valence-electron chi connectivity index (χ2n) is 6.14. The largest absolute Gasteiger partial charge is 0.395 e. The standard InChI is InChI=1S/C18H30N4O4/c1-2-6-22(13-17(20)25)18(26)16(19)12-14-4-3-5-15(11-14)21(7-9-23)8-10-24/h3-5,11,16,23-24H,2,6-10,12-13,19H2,1H3,(H2,20,25). The molecule has 1 rings (SSSR count). The van der Waals surface area contributed by atoms with Crippen LogP contribution in [0, 0.1) is 0 Å². The van der Waals surface area contributed by atoms with Gasteiger partial charge in [-0.15, -0.1) is 0 Å². The Morgan fingerprint density at radius 1 is 1.15 bits per heavy atom. The summed E-state index contributed by atoms with van der Waals surface area (Å²) in [4.78, 5) is 26.9. The van der Waals surface area contributed by atoms with Gasteiger partial charge in [0, 0.05) is 25.3 Å². The molecule has 0 radical (unpaired) electrons. The van der Waals surface area contributed by atoms with E-state index in [0.29, 0.717) is 32.5 Å². The van der Waals surface area contributed by atoms with Gasteiger partial charge in [-0.25, -0.2) is 0 Å². The molecule has 0 bridgehead atoms. The summed E-state index contributed by atoms with van der Waals surface area (Å²) in [5.41, 5.74) is 13.0. The van der Waals surface area contributed by atoms with E-state index in [9.17, 15) is 9.59 Å². The first kappa shape index (κ1) is 21.9. The Bertz CT molecular complexity index is 576. The van der Waals surface area contributed by atoms with E-state index < -0.39 is 11.9 Å². The number of anilines is 1. The van der Waals surface area contributed by atoms with Gasteiger partial charge in [0.1, 0.15) is 0 Å². The van der Waals surface area contributed by atoms with Gasteiger partial charge in [-0.1, -0.05) is 19.1 Å². The van der Waals surface area contributed by atoms with Crippen LogP contribution in [0.2, 0.25) is 0 Å². The van der Waals surface area contributed by atoms with Crippen LogP contribution in [0.1, 0.15) is 18.9 Å². The number of aliphatic hydroxyl groups excluding tert-OH is 2. The molecular formula is C18H30N4O4. The minimum Gasteiger partial charge on any atom is -0.395 e. The minimum absolute atomic E-state index is 0.0265. The average molecular weight is 366 g/mol. The van der Waals surface area contributed by atoms with Crippen molar-refractivity contribution < 1.29 is 19.8 Å². The van der Waals surface area contributed by atoms with Crippen molar-refractivity contribution in [3.05, 3.63) is 29.8 Å². The fourth-order valence-electron chi connectivity index (χ4n) is 2.79. The highest BCUT2D eigenvalue weighted by Crippen LogP contribution is 2.17. The van der Waals surface area contributed by atoms with E-state index in [-0.39, 0.29) is 25.7 Å². The Morgan fingerprint density at radius 3 is 2.35 bits per heavy atom. The summed E-state index contributed by atoms with van der Waals surface area (Å²) in [6, 6.07) is 6.69. The number of amides is 2. The van der Waals surface area contributed by atoms with Crippen molar-refractivity contribution in [1.29, 1.82) is 0 Å². The number of benzene rings is 1. The van der Waals surface area contributed by atoms with Crippen molar-refractivity contribution in [1.82, 2.24) is 4.90 Å². The first-order valence-corrected chi connectivity index (χ1v) is 8.81. The Hall–Kier alpha value is -2.16. The number of carbonyl (C=O) groups excluding carboxylic acids is 2. The Morgan fingerprint density at radius 2 is 1.81 bits per heavy atom. The van der Waals surface area contributed by atoms with E-state index in [1.54, 1.807) is 0 Å². The molecule has 2 amide bonds. The van der Waals surface area contributed by atoms with E-state index in [1.165, 1.54) is 4.90 Å². The molecule has 1 aromatic carbocycles. The third-order valence-electron chi connectivity index (χ3n) is 3.94. The number of nitrogens with zero attached hydrogens (tertiary/aromatic N) is 2. The highest BCUT2D eigenvalue weighted by molar-refractivity contribution is 5.87. The maximum absolute atomic E-state index is 12.5. The van der Waals surface area contributed by atoms with Crippen molar-refractivity contribution >= 4 is 17.5 Å². The van der Waals surface area contributed by atoms with Gasteiger partial charge in [-0.05, 0) is 30.5 Å². The Balaban J connectivity index is 2.84. The predicted molar refractivity (Wildman–Crippen MR) is 101 cm³/mol.